The lowest BCUT2D eigenvalue weighted by atomic mass is 10.1. The minimum atomic E-state index is -4.78. The van der Waals surface area contributed by atoms with Crippen LogP contribution in [0.4, 0.5) is 23.2 Å². The van der Waals surface area contributed by atoms with Crippen LogP contribution in [-0.2, 0) is 22.7 Å². The number of benzene rings is 2. The summed E-state index contributed by atoms with van der Waals surface area (Å²) in [6.07, 6.45) is -3.89. The van der Waals surface area contributed by atoms with Gasteiger partial charge in [0.25, 0.3) is 5.91 Å². The molecule has 2 N–H and O–H groups in total. The molecule has 0 atom stereocenters. The number of amides is 1. The molecule has 0 bridgehead atoms. The highest BCUT2D eigenvalue weighted by Gasteiger charge is 2.33. The molecule has 5 nitrogen and oxygen atoms in total. The number of hydrogen-bond acceptors (Lipinski definition) is 3. The molecule has 27 heavy (non-hydrogen) atoms. The van der Waals surface area contributed by atoms with E-state index in [0.29, 0.717) is 6.07 Å². The van der Waals surface area contributed by atoms with E-state index in [9.17, 15) is 30.8 Å². The number of anilines is 1. The van der Waals surface area contributed by atoms with Crippen LogP contribution in [0.2, 0.25) is 5.02 Å². The average molecular weight is 425 g/mol. The van der Waals surface area contributed by atoms with Crippen LogP contribution in [0.15, 0.2) is 36.4 Å². The van der Waals surface area contributed by atoms with Crippen molar-refractivity contribution < 1.29 is 30.8 Å². The Kier molecular flexibility index (Phi) is 6.01. The Bertz CT molecular complexity index is 978. The minimum absolute atomic E-state index is 0.0266. The highest BCUT2D eigenvalue weighted by Crippen LogP contribution is 2.32. The Labute approximate surface area is 157 Å². The maximum absolute atomic E-state index is 13.1. The van der Waals surface area contributed by atoms with Crippen molar-refractivity contribution >= 4 is 33.2 Å². The lowest BCUT2D eigenvalue weighted by molar-refractivity contribution is -0.138. The summed E-state index contributed by atoms with van der Waals surface area (Å²) in [5.41, 5.74) is -1.59. The summed E-state index contributed by atoms with van der Waals surface area (Å²) in [5, 5.41) is 2.31. The first-order valence-electron chi connectivity index (χ1n) is 7.28. The van der Waals surface area contributed by atoms with Crippen LogP contribution < -0.4 is 10.0 Å². The maximum Gasteiger partial charge on any atom is 0.416 e. The van der Waals surface area contributed by atoms with E-state index in [-0.39, 0.29) is 21.8 Å². The molecule has 2 aromatic carbocycles. The quantitative estimate of drug-likeness (QED) is 0.717. The molecule has 0 saturated heterocycles. The summed E-state index contributed by atoms with van der Waals surface area (Å²) in [4.78, 5) is 12.2. The third-order valence-corrected chi connectivity index (χ3v) is 4.26. The number of rotatable bonds is 5. The van der Waals surface area contributed by atoms with Crippen LogP contribution in [0.1, 0.15) is 21.5 Å². The Balaban J connectivity index is 2.21. The molecular weight excluding hydrogens is 412 g/mol. The van der Waals surface area contributed by atoms with Gasteiger partial charge in [-0.15, -0.1) is 0 Å². The van der Waals surface area contributed by atoms with Crippen LogP contribution in [0.5, 0.6) is 0 Å². The highest BCUT2D eigenvalue weighted by atomic mass is 35.5. The van der Waals surface area contributed by atoms with Crippen molar-refractivity contribution in [3.05, 3.63) is 63.9 Å². The monoisotopic (exact) mass is 424 g/mol. The van der Waals surface area contributed by atoms with E-state index in [4.69, 9.17) is 11.6 Å². The van der Waals surface area contributed by atoms with Crippen LogP contribution in [0.25, 0.3) is 0 Å². The molecule has 0 aliphatic rings. The Morgan fingerprint density at radius 1 is 1.15 bits per heavy atom. The molecule has 146 valence electrons. The van der Waals surface area contributed by atoms with Gasteiger partial charge in [0.15, 0.2) is 0 Å². The molecule has 1 amide bonds. The second-order valence-electron chi connectivity index (χ2n) is 5.55. The second-order valence-corrected chi connectivity index (χ2v) is 7.71. The van der Waals surface area contributed by atoms with Crippen molar-refractivity contribution in [1.82, 2.24) is 5.32 Å². The first-order chi connectivity index (χ1) is 12.4. The largest absolute Gasteiger partial charge is 0.416 e. The van der Waals surface area contributed by atoms with Gasteiger partial charge in [-0.05, 0) is 35.9 Å². The fourth-order valence-electron chi connectivity index (χ4n) is 2.19. The predicted octanol–water partition coefficient (Wildman–Crippen LogP) is 3.80. The predicted molar refractivity (Wildman–Crippen MR) is 92.5 cm³/mol. The lowest BCUT2D eigenvalue weighted by Crippen LogP contribution is -2.25. The van der Waals surface area contributed by atoms with Crippen LogP contribution in [0.3, 0.4) is 0 Å². The number of alkyl halides is 3. The summed E-state index contributed by atoms with van der Waals surface area (Å²) in [6.45, 7) is -0.509. The Morgan fingerprint density at radius 2 is 1.81 bits per heavy atom. The number of hydrogen-bond donors (Lipinski definition) is 2. The molecule has 0 saturated carbocycles. The second kappa shape index (κ2) is 7.73. The molecule has 0 aliphatic heterocycles. The summed E-state index contributed by atoms with van der Waals surface area (Å²) >= 11 is 5.85. The lowest BCUT2D eigenvalue weighted by Gasteiger charge is -2.14. The third kappa shape index (κ3) is 5.83. The van der Waals surface area contributed by atoms with Gasteiger partial charge in [-0.1, -0.05) is 17.7 Å². The molecule has 2 rings (SSSR count). The van der Waals surface area contributed by atoms with Crippen molar-refractivity contribution in [2.75, 3.05) is 11.0 Å². The number of carbonyl (C=O) groups excluding carboxylic acids is 1. The normalized spacial score (nSPS) is 11.9. The molecule has 0 fully saturated rings. The molecule has 0 unspecified atom stereocenters. The van der Waals surface area contributed by atoms with E-state index in [1.54, 1.807) is 0 Å². The average Bonchev–Trinajstić information content (AvgIpc) is 2.53. The van der Waals surface area contributed by atoms with E-state index in [1.165, 1.54) is 12.1 Å². The molecule has 0 aromatic heterocycles. The highest BCUT2D eigenvalue weighted by molar-refractivity contribution is 7.92. The summed E-state index contributed by atoms with van der Waals surface area (Å²) < 4.78 is 76.7. The zero-order chi connectivity index (χ0) is 20.4. The number of sulfonamides is 1. The fourth-order valence-corrected chi connectivity index (χ4v) is 2.98. The zero-order valence-electron chi connectivity index (χ0n) is 13.7. The van der Waals surface area contributed by atoms with Crippen molar-refractivity contribution in [2.24, 2.45) is 0 Å². The number of halogens is 5. The van der Waals surface area contributed by atoms with Gasteiger partial charge in [-0.25, -0.2) is 12.8 Å². The van der Waals surface area contributed by atoms with Gasteiger partial charge in [0, 0.05) is 12.1 Å². The first kappa shape index (κ1) is 21.0. The number of nitrogens with one attached hydrogen (secondary N) is 2. The van der Waals surface area contributed by atoms with E-state index >= 15 is 0 Å². The molecule has 2 aromatic rings. The van der Waals surface area contributed by atoms with Gasteiger partial charge < -0.3 is 5.32 Å². The van der Waals surface area contributed by atoms with E-state index in [2.05, 4.69) is 10.0 Å². The van der Waals surface area contributed by atoms with Gasteiger partial charge in [-0.3, -0.25) is 9.52 Å². The molecule has 11 heteroatoms. The standard InChI is InChI=1S/C16H13ClF4N2O3S/c1-27(25,26)23-14-6-9(3-5-13(14)17)15(24)22-8-10-2-4-11(18)7-12(10)16(19,20)21/h2-7,23H,8H2,1H3,(H,22,24). The van der Waals surface area contributed by atoms with E-state index in [1.807, 2.05) is 0 Å². The molecule has 0 radical (unpaired) electrons. The van der Waals surface area contributed by atoms with Crippen LogP contribution in [-0.4, -0.2) is 20.6 Å². The van der Waals surface area contributed by atoms with Gasteiger partial charge in [0.2, 0.25) is 10.0 Å². The van der Waals surface area contributed by atoms with E-state index < -0.39 is 40.0 Å². The summed E-state index contributed by atoms with van der Waals surface area (Å²) in [5.74, 6) is -1.81. The maximum atomic E-state index is 13.1. The molecule has 0 spiro atoms. The summed E-state index contributed by atoms with van der Waals surface area (Å²) in [7, 11) is -3.65. The fraction of sp³-hybridized carbons (Fsp3) is 0.188. The minimum Gasteiger partial charge on any atom is -0.348 e. The smallest absolute Gasteiger partial charge is 0.348 e. The van der Waals surface area contributed by atoms with Crippen molar-refractivity contribution in [2.45, 2.75) is 12.7 Å². The van der Waals surface area contributed by atoms with Gasteiger partial charge in [-0.2, -0.15) is 13.2 Å². The Hall–Kier alpha value is -2.33. The van der Waals surface area contributed by atoms with Crippen molar-refractivity contribution in [3.63, 3.8) is 0 Å². The molecule has 0 aliphatic carbocycles. The van der Waals surface area contributed by atoms with Gasteiger partial charge in [0.05, 0.1) is 22.5 Å². The van der Waals surface area contributed by atoms with Gasteiger partial charge in [0.1, 0.15) is 5.82 Å². The first-order valence-corrected chi connectivity index (χ1v) is 9.55. The molecular formula is C16H13ClF4N2O3S. The van der Waals surface area contributed by atoms with Gasteiger partial charge >= 0.3 is 6.18 Å². The molecule has 0 heterocycles. The van der Waals surface area contributed by atoms with Crippen molar-refractivity contribution in [3.8, 4) is 0 Å². The summed E-state index contributed by atoms with van der Waals surface area (Å²) in [6, 6.07) is 5.82. The van der Waals surface area contributed by atoms with E-state index in [0.717, 1.165) is 24.5 Å². The SMILES string of the molecule is CS(=O)(=O)Nc1cc(C(=O)NCc2ccc(F)cc2C(F)(F)F)ccc1Cl. The number of carbonyl (C=O) groups is 1. The topological polar surface area (TPSA) is 75.3 Å². The van der Waals surface area contributed by atoms with Crippen LogP contribution in [0, 0.1) is 5.82 Å². The Morgan fingerprint density at radius 3 is 2.41 bits per heavy atom. The van der Waals surface area contributed by atoms with Crippen LogP contribution >= 0.6 is 11.6 Å². The van der Waals surface area contributed by atoms with Crippen molar-refractivity contribution in [1.29, 1.82) is 0 Å². The third-order valence-electron chi connectivity index (χ3n) is 3.34. The zero-order valence-corrected chi connectivity index (χ0v) is 15.3.